The van der Waals surface area contributed by atoms with Gasteiger partial charge in [-0.05, 0) is 31.0 Å². The molecule has 0 saturated carbocycles. The summed E-state index contributed by atoms with van der Waals surface area (Å²) >= 11 is 5.88. The molecule has 0 aromatic heterocycles. The molecule has 1 saturated heterocycles. The van der Waals surface area contributed by atoms with E-state index in [-0.39, 0.29) is 27.5 Å². The number of carbonyl (C=O) groups is 1. The van der Waals surface area contributed by atoms with Crippen molar-refractivity contribution in [2.45, 2.75) is 23.8 Å². The maximum Gasteiger partial charge on any atom is 0.261 e. The third-order valence-corrected chi connectivity index (χ3v) is 4.95. The molecule has 1 heterocycles. The summed E-state index contributed by atoms with van der Waals surface area (Å²) in [5, 5.41) is 0.153. The summed E-state index contributed by atoms with van der Waals surface area (Å²) in [4.78, 5) is 13.9. The second-order valence-corrected chi connectivity index (χ2v) is 7.87. The van der Waals surface area contributed by atoms with Gasteiger partial charge in [-0.1, -0.05) is 11.6 Å². The highest BCUT2D eigenvalue weighted by atomic mass is 35.7. The van der Waals surface area contributed by atoms with Crippen LogP contribution in [0.2, 0.25) is 5.02 Å². The molecule has 0 bridgehead atoms. The number of hydrogen-bond donors (Lipinski definition) is 0. The fourth-order valence-electron chi connectivity index (χ4n) is 2.32. The number of ether oxygens (including phenoxy) is 1. The van der Waals surface area contributed by atoms with E-state index in [1.807, 2.05) is 0 Å². The summed E-state index contributed by atoms with van der Waals surface area (Å²) in [7, 11) is 2.98. The van der Waals surface area contributed by atoms with E-state index in [1.54, 1.807) is 12.0 Å². The Morgan fingerprint density at radius 1 is 1.38 bits per heavy atom. The molecule has 0 spiro atoms. The standard InChI is InChI=1S/C13H15Cl2NO4S/c1-20-11-3-2-4-16(8-11)13(17)9-5-10(14)7-12(6-9)21(15,18)19/h5-7,11H,2-4,8H2,1H3. The van der Waals surface area contributed by atoms with Crippen LogP contribution in [0.4, 0.5) is 0 Å². The summed E-state index contributed by atoms with van der Waals surface area (Å²) in [5.41, 5.74) is 0.207. The van der Waals surface area contributed by atoms with Crippen molar-refractivity contribution in [1.29, 1.82) is 0 Å². The fourth-order valence-corrected chi connectivity index (χ4v) is 3.43. The van der Waals surface area contributed by atoms with E-state index < -0.39 is 9.05 Å². The second kappa shape index (κ2) is 6.52. The van der Waals surface area contributed by atoms with Crippen molar-refractivity contribution >= 4 is 37.2 Å². The molecule has 1 aliphatic rings. The van der Waals surface area contributed by atoms with Gasteiger partial charge in [0.25, 0.3) is 15.0 Å². The van der Waals surface area contributed by atoms with Crippen molar-refractivity contribution in [3.8, 4) is 0 Å². The molecule has 5 nitrogen and oxygen atoms in total. The van der Waals surface area contributed by atoms with Crippen molar-refractivity contribution in [1.82, 2.24) is 4.90 Å². The molecule has 0 N–H and O–H groups in total. The van der Waals surface area contributed by atoms with E-state index in [0.29, 0.717) is 13.1 Å². The van der Waals surface area contributed by atoms with Gasteiger partial charge in [0.05, 0.1) is 11.0 Å². The van der Waals surface area contributed by atoms with Crippen LogP contribution in [0, 0.1) is 0 Å². The number of hydrogen-bond acceptors (Lipinski definition) is 4. The average Bonchev–Trinajstić information content (AvgIpc) is 2.45. The summed E-state index contributed by atoms with van der Waals surface area (Å²) in [6.45, 7) is 1.08. The molecule has 0 radical (unpaired) electrons. The molecule has 0 aliphatic carbocycles. The zero-order chi connectivity index (χ0) is 15.6. The first-order chi connectivity index (χ1) is 9.81. The van der Waals surface area contributed by atoms with E-state index in [4.69, 9.17) is 27.0 Å². The quantitative estimate of drug-likeness (QED) is 0.785. The molecule has 2 rings (SSSR count). The highest BCUT2D eigenvalue weighted by Crippen LogP contribution is 2.24. The Bertz CT molecular complexity index is 648. The van der Waals surface area contributed by atoms with Gasteiger partial charge in [0.1, 0.15) is 0 Å². The lowest BCUT2D eigenvalue weighted by atomic mass is 10.1. The summed E-state index contributed by atoms with van der Waals surface area (Å²) in [6, 6.07) is 3.90. The molecule has 1 fully saturated rings. The van der Waals surface area contributed by atoms with Crippen molar-refractivity contribution in [2.75, 3.05) is 20.2 Å². The first-order valence-electron chi connectivity index (χ1n) is 6.38. The minimum Gasteiger partial charge on any atom is -0.380 e. The fraction of sp³-hybridized carbons (Fsp3) is 0.462. The van der Waals surface area contributed by atoms with Crippen LogP contribution in [-0.4, -0.2) is 45.5 Å². The van der Waals surface area contributed by atoms with E-state index >= 15 is 0 Å². The second-order valence-electron chi connectivity index (χ2n) is 4.86. The van der Waals surface area contributed by atoms with E-state index in [1.165, 1.54) is 18.2 Å². The number of likely N-dealkylation sites (tertiary alicyclic amines) is 1. The van der Waals surface area contributed by atoms with Gasteiger partial charge >= 0.3 is 0 Å². The molecule has 1 aliphatic heterocycles. The number of carbonyl (C=O) groups excluding carboxylic acids is 1. The lowest BCUT2D eigenvalue weighted by Crippen LogP contribution is -2.42. The maximum atomic E-state index is 12.5. The van der Waals surface area contributed by atoms with E-state index in [2.05, 4.69) is 0 Å². The number of benzene rings is 1. The maximum absolute atomic E-state index is 12.5. The van der Waals surface area contributed by atoms with Gasteiger partial charge in [-0.15, -0.1) is 0 Å². The van der Waals surface area contributed by atoms with Crippen LogP contribution in [0.3, 0.4) is 0 Å². The Labute approximate surface area is 133 Å². The van der Waals surface area contributed by atoms with Crippen LogP contribution < -0.4 is 0 Å². The molecule has 1 amide bonds. The zero-order valence-electron chi connectivity index (χ0n) is 11.4. The minimum atomic E-state index is -3.94. The van der Waals surface area contributed by atoms with Gasteiger partial charge < -0.3 is 9.64 Å². The predicted octanol–water partition coefficient (Wildman–Crippen LogP) is 2.52. The number of halogens is 2. The lowest BCUT2D eigenvalue weighted by molar-refractivity contribution is 0.0269. The van der Waals surface area contributed by atoms with Gasteiger partial charge in [-0.2, -0.15) is 0 Å². The number of amides is 1. The number of rotatable bonds is 3. The molecule has 21 heavy (non-hydrogen) atoms. The summed E-state index contributed by atoms with van der Waals surface area (Å²) in [5.74, 6) is -0.277. The van der Waals surface area contributed by atoms with Crippen LogP contribution in [0.25, 0.3) is 0 Å². The third kappa shape index (κ3) is 4.10. The first kappa shape index (κ1) is 16.5. The normalized spacial score (nSPS) is 19.6. The molecule has 1 aromatic rings. The van der Waals surface area contributed by atoms with E-state index in [0.717, 1.165) is 12.8 Å². The summed E-state index contributed by atoms with van der Waals surface area (Å²) in [6.07, 6.45) is 1.74. The monoisotopic (exact) mass is 351 g/mol. The first-order valence-corrected chi connectivity index (χ1v) is 9.07. The van der Waals surface area contributed by atoms with Crippen LogP contribution >= 0.6 is 22.3 Å². The molecule has 1 atom stereocenters. The molecule has 1 aromatic carbocycles. The van der Waals surface area contributed by atoms with Gasteiger partial charge in [0.2, 0.25) is 0 Å². The Kier molecular flexibility index (Phi) is 5.14. The molecular formula is C13H15Cl2NO4S. The van der Waals surface area contributed by atoms with E-state index in [9.17, 15) is 13.2 Å². The molecule has 8 heteroatoms. The number of methoxy groups -OCH3 is 1. The van der Waals surface area contributed by atoms with Crippen molar-refractivity contribution < 1.29 is 17.9 Å². The number of piperidine rings is 1. The molecule has 116 valence electrons. The Hall–Kier alpha value is -0.820. The SMILES string of the molecule is COC1CCCN(C(=O)c2cc(Cl)cc(S(=O)(=O)Cl)c2)C1. The van der Waals surface area contributed by atoms with Gasteiger partial charge in [-0.25, -0.2) is 8.42 Å². The Morgan fingerprint density at radius 3 is 2.71 bits per heavy atom. The average molecular weight is 352 g/mol. The Morgan fingerprint density at radius 2 is 2.10 bits per heavy atom. The van der Waals surface area contributed by atoms with Gasteiger partial charge in [0, 0.05) is 41.5 Å². The van der Waals surface area contributed by atoms with Crippen LogP contribution in [0.5, 0.6) is 0 Å². The zero-order valence-corrected chi connectivity index (χ0v) is 13.7. The third-order valence-electron chi connectivity index (χ3n) is 3.40. The molecular weight excluding hydrogens is 337 g/mol. The predicted molar refractivity (Wildman–Crippen MR) is 80.4 cm³/mol. The van der Waals surface area contributed by atoms with Crippen LogP contribution in [0.1, 0.15) is 23.2 Å². The van der Waals surface area contributed by atoms with Crippen molar-refractivity contribution in [3.63, 3.8) is 0 Å². The van der Waals surface area contributed by atoms with Gasteiger partial charge in [0.15, 0.2) is 0 Å². The highest BCUT2D eigenvalue weighted by molar-refractivity contribution is 8.13. The van der Waals surface area contributed by atoms with Crippen molar-refractivity contribution in [2.24, 2.45) is 0 Å². The Balaban J connectivity index is 2.29. The van der Waals surface area contributed by atoms with Crippen LogP contribution in [0.15, 0.2) is 23.1 Å². The largest absolute Gasteiger partial charge is 0.380 e. The molecule has 1 unspecified atom stereocenters. The smallest absolute Gasteiger partial charge is 0.261 e. The topological polar surface area (TPSA) is 63.7 Å². The lowest BCUT2D eigenvalue weighted by Gasteiger charge is -2.32. The van der Waals surface area contributed by atoms with Crippen LogP contribution in [-0.2, 0) is 13.8 Å². The minimum absolute atomic E-state index is 0.00175. The van der Waals surface area contributed by atoms with Crippen molar-refractivity contribution in [3.05, 3.63) is 28.8 Å². The summed E-state index contributed by atoms with van der Waals surface area (Å²) < 4.78 is 28.1. The van der Waals surface area contributed by atoms with Gasteiger partial charge in [-0.3, -0.25) is 4.79 Å². The number of nitrogens with zero attached hydrogens (tertiary/aromatic N) is 1. The highest BCUT2D eigenvalue weighted by Gasteiger charge is 2.25.